The normalized spacial score (nSPS) is 10.5. The summed E-state index contributed by atoms with van der Waals surface area (Å²) >= 11 is 0. The molecule has 0 saturated carbocycles. The summed E-state index contributed by atoms with van der Waals surface area (Å²) in [4.78, 5) is 32.5. The highest BCUT2D eigenvalue weighted by Gasteiger charge is 2.24. The van der Waals surface area contributed by atoms with Crippen LogP contribution in [0.5, 0.6) is 0 Å². The van der Waals surface area contributed by atoms with Crippen molar-refractivity contribution in [1.82, 2.24) is 9.80 Å². The number of nitrogens with zero attached hydrogens (tertiary/aromatic N) is 4. The molecule has 0 aromatic heterocycles. The van der Waals surface area contributed by atoms with Gasteiger partial charge in [0, 0.05) is 30.0 Å². The van der Waals surface area contributed by atoms with E-state index >= 15 is 0 Å². The van der Waals surface area contributed by atoms with Crippen LogP contribution in [0.15, 0.2) is 84.9 Å². The maximum absolute atomic E-state index is 13.6. The molecule has 0 fully saturated rings. The monoisotopic (exact) mass is 454 g/mol. The zero-order chi connectivity index (χ0) is 24.3. The maximum atomic E-state index is 13.6. The van der Waals surface area contributed by atoms with Gasteiger partial charge in [0.2, 0.25) is 0 Å². The molecule has 0 radical (unpaired) electrons. The maximum Gasteiger partial charge on any atom is 0.254 e. The van der Waals surface area contributed by atoms with Crippen LogP contribution in [0.4, 0.5) is 11.4 Å². The minimum Gasteiger partial charge on any atom is -0.328 e. The molecule has 0 bridgehead atoms. The molecule has 3 aromatic rings. The van der Waals surface area contributed by atoms with Gasteiger partial charge in [0.05, 0.1) is 11.6 Å². The highest BCUT2D eigenvalue weighted by atomic mass is 16.2. The Labute approximate surface area is 201 Å². The van der Waals surface area contributed by atoms with Crippen LogP contribution in [0, 0.1) is 11.3 Å². The molecule has 0 saturated heterocycles. The predicted molar refractivity (Wildman–Crippen MR) is 135 cm³/mol. The van der Waals surface area contributed by atoms with E-state index in [0.29, 0.717) is 24.2 Å². The number of rotatable bonds is 10. The van der Waals surface area contributed by atoms with E-state index in [0.717, 1.165) is 24.5 Å². The summed E-state index contributed by atoms with van der Waals surface area (Å²) in [5, 5.41) is 9.07. The fraction of sp³-hybridized carbons (Fsp3) is 0.250. The van der Waals surface area contributed by atoms with Gasteiger partial charge in [-0.15, -0.1) is 0 Å². The van der Waals surface area contributed by atoms with Gasteiger partial charge in [-0.25, -0.2) is 0 Å². The molecule has 3 aromatic carbocycles. The number of anilines is 2. The Bertz CT molecular complexity index is 1070. The van der Waals surface area contributed by atoms with Crippen LogP contribution in [0.25, 0.3) is 0 Å². The van der Waals surface area contributed by atoms with E-state index in [1.807, 2.05) is 60.7 Å². The molecular formula is C28H30N4O2. The van der Waals surface area contributed by atoms with Crippen molar-refractivity contribution in [2.45, 2.75) is 13.8 Å². The highest BCUT2D eigenvalue weighted by Crippen LogP contribution is 2.25. The van der Waals surface area contributed by atoms with Crippen molar-refractivity contribution in [3.8, 4) is 6.07 Å². The Morgan fingerprint density at radius 1 is 0.765 bits per heavy atom. The second-order valence-corrected chi connectivity index (χ2v) is 7.84. The van der Waals surface area contributed by atoms with Crippen molar-refractivity contribution >= 4 is 23.2 Å². The van der Waals surface area contributed by atoms with Crippen LogP contribution in [0.2, 0.25) is 0 Å². The third-order valence-electron chi connectivity index (χ3n) is 5.73. The predicted octanol–water partition coefficient (Wildman–Crippen LogP) is 4.71. The fourth-order valence-corrected chi connectivity index (χ4v) is 3.75. The zero-order valence-corrected chi connectivity index (χ0v) is 19.7. The van der Waals surface area contributed by atoms with Crippen molar-refractivity contribution in [2.75, 3.05) is 37.6 Å². The van der Waals surface area contributed by atoms with Crippen LogP contribution in [-0.4, -0.2) is 54.3 Å². The van der Waals surface area contributed by atoms with Crippen molar-refractivity contribution < 1.29 is 9.59 Å². The largest absolute Gasteiger partial charge is 0.328 e. The molecule has 2 amide bonds. The standard InChI is InChI=1S/C28H30N4O2/c1-3-30(4-2)19-20-31(28(34)24-17-15-23(21-29)16-18-24)22-27(33)32(25-11-7-5-8-12-25)26-13-9-6-10-14-26/h5-18H,3-4,19-20,22H2,1-2H3. The van der Waals surface area contributed by atoms with Gasteiger partial charge in [0.15, 0.2) is 0 Å². The second kappa shape index (κ2) is 12.3. The average molecular weight is 455 g/mol. The Kier molecular flexibility index (Phi) is 8.96. The molecule has 174 valence electrons. The molecule has 0 aliphatic rings. The van der Waals surface area contributed by atoms with Gasteiger partial charge in [-0.2, -0.15) is 5.26 Å². The van der Waals surface area contributed by atoms with Crippen LogP contribution in [0.1, 0.15) is 29.8 Å². The number of carbonyl (C=O) groups excluding carboxylic acids is 2. The van der Waals surface area contributed by atoms with Gasteiger partial charge in [-0.05, 0) is 61.6 Å². The number of likely N-dealkylation sites (N-methyl/N-ethyl adjacent to an activating group) is 1. The van der Waals surface area contributed by atoms with Crippen LogP contribution in [-0.2, 0) is 4.79 Å². The SMILES string of the molecule is CCN(CC)CCN(CC(=O)N(c1ccccc1)c1ccccc1)C(=O)c1ccc(C#N)cc1. The summed E-state index contributed by atoms with van der Waals surface area (Å²) in [5.74, 6) is -0.426. The molecule has 6 nitrogen and oxygen atoms in total. The lowest BCUT2D eigenvalue weighted by Gasteiger charge is -2.29. The Morgan fingerprint density at radius 2 is 1.29 bits per heavy atom. The number of amides is 2. The first-order chi connectivity index (χ1) is 16.6. The first-order valence-corrected chi connectivity index (χ1v) is 11.5. The topological polar surface area (TPSA) is 67.7 Å². The summed E-state index contributed by atoms with van der Waals surface area (Å²) in [7, 11) is 0. The number of para-hydroxylation sites is 2. The van der Waals surface area contributed by atoms with E-state index in [1.54, 1.807) is 34.1 Å². The lowest BCUT2D eigenvalue weighted by atomic mass is 10.1. The van der Waals surface area contributed by atoms with E-state index in [9.17, 15) is 9.59 Å². The van der Waals surface area contributed by atoms with Crippen LogP contribution >= 0.6 is 0 Å². The Hall–Kier alpha value is -3.95. The lowest BCUT2D eigenvalue weighted by molar-refractivity contribution is -0.118. The smallest absolute Gasteiger partial charge is 0.254 e. The van der Waals surface area contributed by atoms with Gasteiger partial charge in [0.25, 0.3) is 11.8 Å². The first kappa shape index (κ1) is 24.7. The average Bonchev–Trinajstić information content (AvgIpc) is 2.89. The number of carbonyl (C=O) groups is 2. The molecule has 0 spiro atoms. The van der Waals surface area contributed by atoms with Crippen molar-refractivity contribution in [2.24, 2.45) is 0 Å². The van der Waals surface area contributed by atoms with Gasteiger partial charge in [-0.1, -0.05) is 50.2 Å². The van der Waals surface area contributed by atoms with E-state index in [2.05, 4.69) is 24.8 Å². The molecule has 34 heavy (non-hydrogen) atoms. The number of nitriles is 1. The lowest BCUT2D eigenvalue weighted by Crippen LogP contribution is -2.44. The molecule has 0 unspecified atom stereocenters. The third kappa shape index (κ3) is 6.31. The summed E-state index contributed by atoms with van der Waals surface area (Å²) < 4.78 is 0. The van der Waals surface area contributed by atoms with E-state index in [-0.39, 0.29) is 18.4 Å². The molecular weight excluding hydrogens is 424 g/mol. The van der Waals surface area contributed by atoms with Gasteiger partial charge >= 0.3 is 0 Å². The second-order valence-electron chi connectivity index (χ2n) is 7.84. The minimum absolute atomic E-state index is 0.0656. The molecule has 0 aliphatic heterocycles. The quantitative estimate of drug-likeness (QED) is 0.445. The van der Waals surface area contributed by atoms with Gasteiger partial charge < -0.3 is 9.80 Å². The number of benzene rings is 3. The number of hydrogen-bond donors (Lipinski definition) is 0. The van der Waals surface area contributed by atoms with E-state index in [1.165, 1.54) is 0 Å². The van der Waals surface area contributed by atoms with Crippen LogP contribution in [0.3, 0.4) is 0 Å². The number of hydrogen-bond acceptors (Lipinski definition) is 4. The summed E-state index contributed by atoms with van der Waals surface area (Å²) in [6, 6.07) is 27.5. The Balaban J connectivity index is 1.90. The molecule has 0 heterocycles. The van der Waals surface area contributed by atoms with Gasteiger partial charge in [-0.3, -0.25) is 14.5 Å². The molecule has 0 aliphatic carbocycles. The van der Waals surface area contributed by atoms with Gasteiger partial charge in [0.1, 0.15) is 6.54 Å². The summed E-state index contributed by atoms with van der Waals surface area (Å²) in [5.41, 5.74) is 2.43. The van der Waals surface area contributed by atoms with E-state index in [4.69, 9.17) is 5.26 Å². The van der Waals surface area contributed by atoms with Crippen molar-refractivity contribution in [1.29, 1.82) is 5.26 Å². The Morgan fingerprint density at radius 3 is 1.76 bits per heavy atom. The van der Waals surface area contributed by atoms with Crippen molar-refractivity contribution in [3.05, 3.63) is 96.1 Å². The molecule has 3 rings (SSSR count). The molecule has 0 atom stereocenters. The van der Waals surface area contributed by atoms with Crippen molar-refractivity contribution in [3.63, 3.8) is 0 Å². The highest BCUT2D eigenvalue weighted by molar-refractivity contribution is 6.04. The third-order valence-corrected chi connectivity index (χ3v) is 5.73. The minimum atomic E-state index is -0.230. The summed E-state index contributed by atoms with van der Waals surface area (Å²) in [6.45, 7) is 6.90. The first-order valence-electron chi connectivity index (χ1n) is 11.5. The molecule has 6 heteroatoms. The molecule has 0 N–H and O–H groups in total. The zero-order valence-electron chi connectivity index (χ0n) is 19.7. The fourth-order valence-electron chi connectivity index (χ4n) is 3.75. The van der Waals surface area contributed by atoms with Crippen LogP contribution < -0.4 is 4.90 Å². The van der Waals surface area contributed by atoms with E-state index < -0.39 is 0 Å². The summed E-state index contributed by atoms with van der Waals surface area (Å²) in [6.07, 6.45) is 0.